The van der Waals surface area contributed by atoms with Gasteiger partial charge in [-0.1, -0.05) is 6.42 Å². The summed E-state index contributed by atoms with van der Waals surface area (Å²) in [6.45, 7) is 0.211. The van der Waals surface area contributed by atoms with Gasteiger partial charge >= 0.3 is 6.01 Å². The van der Waals surface area contributed by atoms with Gasteiger partial charge in [0.05, 0.1) is 12.8 Å². The number of methoxy groups -OCH3 is 1. The molecule has 5 rings (SSSR count). The summed E-state index contributed by atoms with van der Waals surface area (Å²) in [7, 11) is 1.53. The minimum atomic E-state index is 0.0903. The second-order valence-electron chi connectivity index (χ2n) is 7.07. The normalized spacial score (nSPS) is 15.1. The number of nitrogens with zero attached hydrogens (tertiary/aromatic N) is 3. The van der Waals surface area contributed by atoms with E-state index >= 15 is 0 Å². The summed E-state index contributed by atoms with van der Waals surface area (Å²) < 4.78 is 17.8. The van der Waals surface area contributed by atoms with Crippen molar-refractivity contribution < 1.29 is 19.0 Å². The van der Waals surface area contributed by atoms with E-state index in [-0.39, 0.29) is 24.6 Å². The molecule has 8 heteroatoms. The van der Waals surface area contributed by atoms with Gasteiger partial charge in [-0.3, -0.25) is 4.79 Å². The van der Waals surface area contributed by atoms with Gasteiger partial charge in [-0.15, -0.1) is 5.10 Å². The summed E-state index contributed by atoms with van der Waals surface area (Å²) >= 11 is 0. The van der Waals surface area contributed by atoms with Crippen LogP contribution >= 0.6 is 0 Å². The van der Waals surface area contributed by atoms with Crippen LogP contribution in [0.4, 0.5) is 5.69 Å². The predicted molar refractivity (Wildman–Crippen MR) is 105 cm³/mol. The molecule has 1 N–H and O–H groups in total. The molecule has 2 aromatic carbocycles. The van der Waals surface area contributed by atoms with Crippen molar-refractivity contribution in [1.29, 1.82) is 0 Å². The number of hydrogen-bond donors (Lipinski definition) is 1. The molecule has 1 saturated carbocycles. The Kier molecular flexibility index (Phi) is 4.31. The molecule has 0 unspecified atom stereocenters. The van der Waals surface area contributed by atoms with Gasteiger partial charge in [0.2, 0.25) is 12.7 Å². The zero-order valence-electron chi connectivity index (χ0n) is 15.9. The van der Waals surface area contributed by atoms with Crippen molar-refractivity contribution >= 4 is 11.6 Å². The van der Waals surface area contributed by atoms with E-state index < -0.39 is 0 Å². The number of aromatic nitrogens is 3. The zero-order chi connectivity index (χ0) is 19.8. The van der Waals surface area contributed by atoms with Crippen LogP contribution in [0.5, 0.6) is 17.5 Å². The minimum absolute atomic E-state index is 0.0903. The van der Waals surface area contributed by atoms with Crippen molar-refractivity contribution in [2.75, 3.05) is 19.2 Å². The summed E-state index contributed by atoms with van der Waals surface area (Å²) in [5.74, 6) is 2.23. The van der Waals surface area contributed by atoms with E-state index in [1.165, 1.54) is 7.11 Å². The van der Waals surface area contributed by atoms with Crippen LogP contribution in [0.15, 0.2) is 42.5 Å². The second kappa shape index (κ2) is 7.12. The molecule has 148 valence electrons. The quantitative estimate of drug-likeness (QED) is 0.716. The average Bonchev–Trinajstić information content (AvgIpc) is 3.33. The molecule has 1 amide bonds. The lowest BCUT2D eigenvalue weighted by molar-refractivity contribution is -0.122. The van der Waals surface area contributed by atoms with E-state index in [0.29, 0.717) is 17.3 Å². The highest BCUT2D eigenvalue weighted by Gasteiger charge is 2.25. The highest BCUT2D eigenvalue weighted by Crippen LogP contribution is 2.36. The number of ether oxygens (including phenoxy) is 3. The molecule has 8 nitrogen and oxygen atoms in total. The van der Waals surface area contributed by atoms with Crippen LogP contribution < -0.4 is 19.5 Å². The fourth-order valence-electron chi connectivity index (χ4n) is 3.38. The fourth-order valence-corrected chi connectivity index (χ4v) is 3.38. The standard InChI is InChI=1S/C21H20N4O4/c1-27-21-23-19(14-5-10-17-18(11-14)29-12-28-17)25(24-21)16-8-6-15(7-9-16)22-20(26)13-3-2-4-13/h5-11,13H,2-4,12H2,1H3,(H,22,26). The van der Waals surface area contributed by atoms with Crippen molar-refractivity contribution in [1.82, 2.24) is 14.8 Å². The molecule has 2 aliphatic rings. The summed E-state index contributed by atoms with van der Waals surface area (Å²) in [6.07, 6.45) is 3.08. The molecule has 2 heterocycles. The van der Waals surface area contributed by atoms with Gasteiger partial charge in [0.1, 0.15) is 0 Å². The number of carbonyl (C=O) groups excluding carboxylic acids is 1. The lowest BCUT2D eigenvalue weighted by Crippen LogP contribution is -2.27. The average molecular weight is 392 g/mol. The van der Waals surface area contributed by atoms with Gasteiger partial charge in [-0.05, 0) is 55.3 Å². The number of anilines is 1. The fraction of sp³-hybridized carbons (Fsp3) is 0.286. The first-order valence-corrected chi connectivity index (χ1v) is 9.53. The number of hydrogen-bond acceptors (Lipinski definition) is 6. The molecular formula is C21H20N4O4. The first-order valence-electron chi connectivity index (χ1n) is 9.53. The van der Waals surface area contributed by atoms with Crippen LogP contribution in [0.2, 0.25) is 0 Å². The first-order chi connectivity index (χ1) is 14.2. The molecule has 0 bridgehead atoms. The molecule has 1 aliphatic carbocycles. The Labute approximate surface area is 167 Å². The number of carbonyl (C=O) groups is 1. The number of benzene rings is 2. The van der Waals surface area contributed by atoms with Gasteiger partial charge in [-0.25, -0.2) is 4.68 Å². The van der Waals surface area contributed by atoms with Crippen molar-refractivity contribution in [3.05, 3.63) is 42.5 Å². The van der Waals surface area contributed by atoms with Crippen molar-refractivity contribution in [3.8, 4) is 34.6 Å². The second-order valence-corrected chi connectivity index (χ2v) is 7.07. The van der Waals surface area contributed by atoms with Crippen LogP contribution in [0.1, 0.15) is 19.3 Å². The van der Waals surface area contributed by atoms with Gasteiger partial charge in [0, 0.05) is 17.2 Å². The molecular weight excluding hydrogens is 372 g/mol. The van der Waals surface area contributed by atoms with Crippen molar-refractivity contribution in [2.24, 2.45) is 5.92 Å². The molecule has 0 radical (unpaired) electrons. The molecule has 1 fully saturated rings. The van der Waals surface area contributed by atoms with Gasteiger partial charge in [-0.2, -0.15) is 4.98 Å². The van der Waals surface area contributed by atoms with E-state index in [1.54, 1.807) is 4.68 Å². The number of nitrogens with one attached hydrogen (secondary N) is 1. The lowest BCUT2D eigenvalue weighted by atomic mass is 9.85. The van der Waals surface area contributed by atoms with E-state index in [4.69, 9.17) is 14.2 Å². The molecule has 0 saturated heterocycles. The Bertz CT molecular complexity index is 1060. The van der Waals surface area contributed by atoms with Gasteiger partial charge < -0.3 is 19.5 Å². The third-order valence-corrected chi connectivity index (χ3v) is 5.26. The minimum Gasteiger partial charge on any atom is -0.466 e. The smallest absolute Gasteiger partial charge is 0.336 e. The van der Waals surface area contributed by atoms with E-state index in [1.807, 2.05) is 42.5 Å². The topological polar surface area (TPSA) is 87.5 Å². The van der Waals surface area contributed by atoms with Crippen LogP contribution in [0.3, 0.4) is 0 Å². The highest BCUT2D eigenvalue weighted by atomic mass is 16.7. The summed E-state index contributed by atoms with van der Waals surface area (Å²) in [6, 6.07) is 13.4. The highest BCUT2D eigenvalue weighted by molar-refractivity contribution is 5.93. The first kappa shape index (κ1) is 17.5. The van der Waals surface area contributed by atoms with Crippen LogP contribution in [0.25, 0.3) is 17.1 Å². The maximum absolute atomic E-state index is 12.1. The Morgan fingerprint density at radius 3 is 2.66 bits per heavy atom. The van der Waals surface area contributed by atoms with Crippen LogP contribution in [-0.2, 0) is 4.79 Å². The number of fused-ring (bicyclic) bond motifs is 1. The van der Waals surface area contributed by atoms with E-state index in [2.05, 4.69) is 15.4 Å². The summed E-state index contributed by atoms with van der Waals surface area (Å²) in [5.41, 5.74) is 2.39. The Hall–Kier alpha value is -3.55. The van der Waals surface area contributed by atoms with Gasteiger partial charge in [0.15, 0.2) is 17.3 Å². The number of amides is 1. The monoisotopic (exact) mass is 392 g/mol. The SMILES string of the molecule is COc1nc(-c2ccc3c(c2)OCO3)n(-c2ccc(NC(=O)C3CCC3)cc2)n1. The molecule has 1 aromatic heterocycles. The van der Waals surface area contributed by atoms with Gasteiger partial charge in [0.25, 0.3) is 0 Å². The van der Waals surface area contributed by atoms with E-state index in [9.17, 15) is 4.79 Å². The molecule has 0 atom stereocenters. The predicted octanol–water partition coefficient (Wildman–Crippen LogP) is 3.41. The summed E-state index contributed by atoms with van der Waals surface area (Å²) in [5, 5.41) is 7.41. The Morgan fingerprint density at radius 2 is 1.93 bits per heavy atom. The molecule has 0 spiro atoms. The maximum Gasteiger partial charge on any atom is 0.336 e. The molecule has 3 aromatic rings. The molecule has 29 heavy (non-hydrogen) atoms. The largest absolute Gasteiger partial charge is 0.466 e. The Morgan fingerprint density at radius 1 is 1.14 bits per heavy atom. The maximum atomic E-state index is 12.1. The molecule has 1 aliphatic heterocycles. The van der Waals surface area contributed by atoms with E-state index in [0.717, 1.165) is 36.2 Å². The number of rotatable bonds is 5. The van der Waals surface area contributed by atoms with Crippen LogP contribution in [0, 0.1) is 5.92 Å². The zero-order valence-corrected chi connectivity index (χ0v) is 15.9. The third-order valence-electron chi connectivity index (χ3n) is 5.26. The van der Waals surface area contributed by atoms with Crippen molar-refractivity contribution in [3.63, 3.8) is 0 Å². The lowest BCUT2D eigenvalue weighted by Gasteiger charge is -2.24. The van der Waals surface area contributed by atoms with Crippen molar-refractivity contribution in [2.45, 2.75) is 19.3 Å². The third kappa shape index (κ3) is 3.26. The Balaban J connectivity index is 1.44. The van der Waals surface area contributed by atoms with Crippen LogP contribution in [-0.4, -0.2) is 34.6 Å². The summed E-state index contributed by atoms with van der Waals surface area (Å²) in [4.78, 5) is 16.6.